The van der Waals surface area contributed by atoms with Crippen LogP contribution < -0.4 is 10.6 Å². The summed E-state index contributed by atoms with van der Waals surface area (Å²) in [5.74, 6) is 0. The number of nitrogens with two attached hydrogens (primary N) is 1. The summed E-state index contributed by atoms with van der Waals surface area (Å²) in [6.07, 6.45) is 6.03. The lowest BCUT2D eigenvalue weighted by molar-refractivity contribution is 0.262. The van der Waals surface area contributed by atoms with Crippen LogP contribution in [-0.2, 0) is 0 Å². The van der Waals surface area contributed by atoms with Crippen LogP contribution in [0.5, 0.6) is 0 Å². The number of rotatable bonds is 3. The molecule has 21 heavy (non-hydrogen) atoms. The number of aliphatic hydroxyl groups is 1. The van der Waals surface area contributed by atoms with E-state index in [1.807, 2.05) is 12.1 Å². The van der Waals surface area contributed by atoms with Crippen LogP contribution in [0.2, 0.25) is 0 Å². The van der Waals surface area contributed by atoms with Gasteiger partial charge in [0, 0.05) is 29.1 Å². The van der Waals surface area contributed by atoms with Crippen LogP contribution in [0.4, 0.5) is 11.4 Å². The molecule has 0 aliphatic carbocycles. The molecule has 0 radical (unpaired) electrons. The lowest BCUT2D eigenvalue weighted by Gasteiger charge is -2.38. The van der Waals surface area contributed by atoms with Crippen LogP contribution >= 0.6 is 15.9 Å². The van der Waals surface area contributed by atoms with E-state index in [4.69, 9.17) is 5.73 Å². The molecule has 4 nitrogen and oxygen atoms in total. The molecular formula is C16H20BrN3O. The smallest absolute Gasteiger partial charge is 0.0745 e. The first-order chi connectivity index (χ1) is 10.2. The van der Waals surface area contributed by atoms with Crippen LogP contribution in [0.15, 0.2) is 28.9 Å². The van der Waals surface area contributed by atoms with E-state index in [1.165, 1.54) is 12.8 Å². The largest absolute Gasteiger partial charge is 0.396 e. The minimum atomic E-state index is 0.216. The summed E-state index contributed by atoms with van der Waals surface area (Å²) in [4.78, 5) is 6.79. The molecule has 2 heterocycles. The molecule has 1 saturated heterocycles. The second-order valence-corrected chi connectivity index (χ2v) is 6.49. The SMILES string of the molecule is Nc1cnc2ccc(Br)cc2c1N1CCCCC1CCO. The minimum absolute atomic E-state index is 0.216. The molecule has 3 N–H and O–H groups in total. The highest BCUT2D eigenvalue weighted by molar-refractivity contribution is 9.10. The Morgan fingerprint density at radius 1 is 1.38 bits per heavy atom. The van der Waals surface area contributed by atoms with Gasteiger partial charge >= 0.3 is 0 Å². The zero-order valence-electron chi connectivity index (χ0n) is 11.9. The van der Waals surface area contributed by atoms with Gasteiger partial charge in [0.05, 0.1) is 23.1 Å². The number of nitrogens with zero attached hydrogens (tertiary/aromatic N) is 2. The summed E-state index contributed by atoms with van der Waals surface area (Å²) in [5.41, 5.74) is 8.98. The lowest BCUT2D eigenvalue weighted by atomic mass is 9.97. The van der Waals surface area contributed by atoms with Crippen molar-refractivity contribution in [3.63, 3.8) is 0 Å². The van der Waals surface area contributed by atoms with Gasteiger partial charge in [-0.15, -0.1) is 0 Å². The summed E-state index contributed by atoms with van der Waals surface area (Å²) in [6.45, 7) is 1.20. The standard InChI is InChI=1S/C16H20BrN3O/c17-11-4-5-15-13(9-11)16(14(18)10-19-15)20-7-2-1-3-12(20)6-8-21/h4-5,9-10,12,21H,1-3,6-8,18H2. The maximum atomic E-state index is 9.33. The van der Waals surface area contributed by atoms with Gasteiger partial charge in [0.15, 0.2) is 0 Å². The molecule has 1 aromatic heterocycles. The summed E-state index contributed by atoms with van der Waals surface area (Å²) in [7, 11) is 0. The summed E-state index contributed by atoms with van der Waals surface area (Å²) in [6, 6.07) is 6.44. The average Bonchev–Trinajstić information content (AvgIpc) is 2.48. The molecule has 1 atom stereocenters. The van der Waals surface area contributed by atoms with Crippen LogP contribution in [0.3, 0.4) is 0 Å². The maximum Gasteiger partial charge on any atom is 0.0745 e. The Balaban J connectivity index is 2.12. The van der Waals surface area contributed by atoms with Crippen molar-refractivity contribution >= 4 is 38.2 Å². The predicted molar refractivity (Wildman–Crippen MR) is 90.5 cm³/mol. The Kier molecular flexibility index (Phi) is 4.31. The first kappa shape index (κ1) is 14.6. The monoisotopic (exact) mass is 349 g/mol. The molecule has 1 aliphatic heterocycles. The van der Waals surface area contributed by atoms with E-state index in [2.05, 4.69) is 31.9 Å². The van der Waals surface area contributed by atoms with Crippen LogP contribution in [0, 0.1) is 0 Å². The van der Waals surface area contributed by atoms with E-state index in [0.29, 0.717) is 11.7 Å². The summed E-state index contributed by atoms with van der Waals surface area (Å²) >= 11 is 3.53. The molecule has 0 amide bonds. The highest BCUT2D eigenvalue weighted by Gasteiger charge is 2.25. The number of hydrogen-bond donors (Lipinski definition) is 2. The Morgan fingerprint density at radius 2 is 2.24 bits per heavy atom. The zero-order valence-corrected chi connectivity index (χ0v) is 13.5. The van der Waals surface area contributed by atoms with Gasteiger partial charge in [-0.1, -0.05) is 15.9 Å². The molecule has 0 bridgehead atoms. The number of aliphatic hydroxyl groups excluding tert-OH is 1. The van der Waals surface area contributed by atoms with E-state index in [-0.39, 0.29) is 6.61 Å². The summed E-state index contributed by atoms with van der Waals surface area (Å²) in [5, 5.41) is 10.4. The van der Waals surface area contributed by atoms with E-state index < -0.39 is 0 Å². The molecular weight excluding hydrogens is 330 g/mol. The third kappa shape index (κ3) is 2.85. The zero-order chi connectivity index (χ0) is 14.8. The van der Waals surface area contributed by atoms with Crippen molar-refractivity contribution in [1.82, 2.24) is 4.98 Å². The average molecular weight is 350 g/mol. The number of piperidine rings is 1. The third-order valence-corrected chi connectivity index (χ3v) is 4.70. The predicted octanol–water partition coefficient (Wildman–Crippen LogP) is 3.32. The number of pyridine rings is 1. The van der Waals surface area contributed by atoms with Crippen molar-refractivity contribution in [2.45, 2.75) is 31.7 Å². The van der Waals surface area contributed by atoms with Crippen molar-refractivity contribution < 1.29 is 5.11 Å². The van der Waals surface area contributed by atoms with Crippen molar-refractivity contribution in [2.24, 2.45) is 0 Å². The van der Waals surface area contributed by atoms with Gasteiger partial charge in [0.2, 0.25) is 0 Å². The van der Waals surface area contributed by atoms with Gasteiger partial charge in [0.1, 0.15) is 0 Å². The fourth-order valence-electron chi connectivity index (χ4n) is 3.23. The first-order valence-electron chi connectivity index (χ1n) is 7.42. The number of fused-ring (bicyclic) bond motifs is 1. The van der Waals surface area contributed by atoms with Gasteiger partial charge in [-0.2, -0.15) is 0 Å². The molecule has 112 valence electrons. The molecule has 0 spiro atoms. The molecule has 1 aromatic carbocycles. The highest BCUT2D eigenvalue weighted by atomic mass is 79.9. The van der Waals surface area contributed by atoms with Crippen LogP contribution in [0.25, 0.3) is 10.9 Å². The quantitative estimate of drug-likeness (QED) is 0.892. The fraction of sp³-hybridized carbons (Fsp3) is 0.438. The molecule has 3 rings (SSSR count). The van der Waals surface area contributed by atoms with E-state index in [1.54, 1.807) is 6.20 Å². The first-order valence-corrected chi connectivity index (χ1v) is 8.21. The number of aromatic nitrogens is 1. The third-order valence-electron chi connectivity index (χ3n) is 4.21. The van der Waals surface area contributed by atoms with Gasteiger partial charge in [-0.25, -0.2) is 0 Å². The number of benzene rings is 1. The number of anilines is 2. The Morgan fingerprint density at radius 3 is 3.05 bits per heavy atom. The number of halogens is 1. The second-order valence-electron chi connectivity index (χ2n) is 5.58. The van der Waals surface area contributed by atoms with Crippen LogP contribution in [0.1, 0.15) is 25.7 Å². The van der Waals surface area contributed by atoms with Gasteiger partial charge in [-0.3, -0.25) is 4.98 Å². The molecule has 1 unspecified atom stereocenters. The molecule has 0 saturated carbocycles. The Hall–Kier alpha value is -1.33. The second kappa shape index (κ2) is 6.20. The van der Waals surface area contributed by atoms with Crippen LogP contribution in [-0.4, -0.2) is 29.3 Å². The minimum Gasteiger partial charge on any atom is -0.396 e. The highest BCUT2D eigenvalue weighted by Crippen LogP contribution is 2.37. The molecule has 1 fully saturated rings. The number of hydrogen-bond acceptors (Lipinski definition) is 4. The van der Waals surface area contributed by atoms with E-state index >= 15 is 0 Å². The van der Waals surface area contributed by atoms with E-state index in [9.17, 15) is 5.11 Å². The maximum absolute atomic E-state index is 9.33. The summed E-state index contributed by atoms with van der Waals surface area (Å²) < 4.78 is 1.03. The van der Waals surface area contributed by atoms with Crippen molar-refractivity contribution in [3.05, 3.63) is 28.9 Å². The van der Waals surface area contributed by atoms with Gasteiger partial charge in [0.25, 0.3) is 0 Å². The molecule has 5 heteroatoms. The van der Waals surface area contributed by atoms with Gasteiger partial charge < -0.3 is 15.7 Å². The van der Waals surface area contributed by atoms with Crippen molar-refractivity contribution in [2.75, 3.05) is 23.8 Å². The Labute approximate surface area is 133 Å². The topological polar surface area (TPSA) is 62.4 Å². The van der Waals surface area contributed by atoms with E-state index in [0.717, 1.165) is 40.4 Å². The van der Waals surface area contributed by atoms with Crippen molar-refractivity contribution in [1.29, 1.82) is 0 Å². The lowest BCUT2D eigenvalue weighted by Crippen LogP contribution is -2.40. The normalized spacial score (nSPS) is 19.1. The number of nitrogen functional groups attached to an aromatic ring is 1. The van der Waals surface area contributed by atoms with Gasteiger partial charge in [-0.05, 0) is 43.9 Å². The Bertz CT molecular complexity index is 639. The fourth-order valence-corrected chi connectivity index (χ4v) is 3.59. The van der Waals surface area contributed by atoms with Crippen molar-refractivity contribution in [3.8, 4) is 0 Å². The molecule has 1 aliphatic rings. The molecule has 2 aromatic rings.